The number of hydrogen-bond donors (Lipinski definition) is 3. The molecule has 102 valence electrons. The van der Waals surface area contributed by atoms with Crippen molar-refractivity contribution < 1.29 is 13.5 Å². The first-order chi connectivity index (χ1) is 8.54. The molecule has 0 aromatic carbocycles. The van der Waals surface area contributed by atoms with Crippen LogP contribution in [0.4, 0.5) is 0 Å². The van der Waals surface area contributed by atoms with Crippen LogP contribution in [0.25, 0.3) is 0 Å². The Morgan fingerprint density at radius 2 is 2.39 bits per heavy atom. The normalized spacial score (nSPS) is 21.1. The van der Waals surface area contributed by atoms with Crippen LogP contribution < -0.4 is 4.72 Å². The van der Waals surface area contributed by atoms with Crippen LogP contribution >= 0.6 is 11.8 Å². The van der Waals surface area contributed by atoms with Crippen LogP contribution in [-0.4, -0.2) is 41.3 Å². The number of rotatable bonds is 4. The van der Waals surface area contributed by atoms with Crippen LogP contribution in [0.2, 0.25) is 0 Å². The number of thioether (sulfide) groups is 1. The summed E-state index contributed by atoms with van der Waals surface area (Å²) < 4.78 is 27.2. The molecule has 1 aliphatic rings. The molecule has 3 N–H and O–H groups in total. The van der Waals surface area contributed by atoms with Crippen molar-refractivity contribution in [1.82, 2.24) is 14.9 Å². The molecule has 0 aliphatic carbocycles. The Balaban J connectivity index is 2.21. The lowest BCUT2D eigenvalue weighted by Crippen LogP contribution is -2.38. The van der Waals surface area contributed by atoms with Gasteiger partial charge in [-0.1, -0.05) is 0 Å². The molecule has 0 bridgehead atoms. The molecule has 0 saturated carbocycles. The van der Waals surface area contributed by atoms with E-state index in [0.29, 0.717) is 5.69 Å². The highest BCUT2D eigenvalue weighted by Gasteiger charge is 2.27. The molecule has 1 atom stereocenters. The van der Waals surface area contributed by atoms with Gasteiger partial charge in [0, 0.05) is 11.8 Å². The molecule has 1 unspecified atom stereocenters. The van der Waals surface area contributed by atoms with Crippen molar-refractivity contribution in [2.45, 2.75) is 37.3 Å². The summed E-state index contributed by atoms with van der Waals surface area (Å²) in [6.07, 6.45) is 1.88. The molecule has 1 aliphatic heterocycles. The summed E-state index contributed by atoms with van der Waals surface area (Å²) in [6.45, 7) is 1.25. The smallest absolute Gasteiger partial charge is 0.244 e. The van der Waals surface area contributed by atoms with Gasteiger partial charge in [0.1, 0.15) is 10.6 Å². The van der Waals surface area contributed by atoms with Crippen molar-refractivity contribution in [3.05, 3.63) is 11.4 Å². The Hall–Kier alpha value is -0.570. The zero-order valence-electron chi connectivity index (χ0n) is 10.1. The summed E-state index contributed by atoms with van der Waals surface area (Å²) in [7, 11) is -3.61. The fourth-order valence-electron chi connectivity index (χ4n) is 2.05. The van der Waals surface area contributed by atoms with Crippen molar-refractivity contribution in [2.24, 2.45) is 0 Å². The number of nitrogens with one attached hydrogen (secondary N) is 2. The van der Waals surface area contributed by atoms with Crippen molar-refractivity contribution >= 4 is 21.8 Å². The molecule has 1 saturated heterocycles. The lowest BCUT2D eigenvalue weighted by Gasteiger charge is -2.22. The number of sulfonamides is 1. The minimum atomic E-state index is -3.61. The Labute approximate surface area is 111 Å². The third-order valence-electron chi connectivity index (χ3n) is 2.86. The van der Waals surface area contributed by atoms with E-state index in [1.54, 1.807) is 18.7 Å². The number of aromatic nitrogens is 2. The van der Waals surface area contributed by atoms with Crippen LogP contribution in [0, 0.1) is 6.92 Å². The van der Waals surface area contributed by atoms with Gasteiger partial charge in [0.2, 0.25) is 10.0 Å². The van der Waals surface area contributed by atoms with Crippen molar-refractivity contribution in [1.29, 1.82) is 0 Å². The quantitative estimate of drug-likeness (QED) is 0.745. The second-order valence-corrected chi connectivity index (χ2v) is 7.12. The third-order valence-corrected chi connectivity index (χ3v) is 5.80. The summed E-state index contributed by atoms with van der Waals surface area (Å²) in [6, 6.07) is -0.0328. The van der Waals surface area contributed by atoms with Crippen LogP contribution in [0.5, 0.6) is 0 Å². The second-order valence-electron chi connectivity index (χ2n) is 4.32. The van der Waals surface area contributed by atoms with E-state index in [2.05, 4.69) is 14.9 Å². The van der Waals surface area contributed by atoms with Gasteiger partial charge in [0.15, 0.2) is 0 Å². The standard InChI is InChI=1S/C10H17N3O3S2/c1-7-10(9(5-14)12-11-7)18(15,16)13-8-3-2-4-17-6-8/h8,13-14H,2-6H2,1H3,(H,11,12). The molecular weight excluding hydrogens is 274 g/mol. The van der Waals surface area contributed by atoms with Gasteiger partial charge in [0.25, 0.3) is 0 Å². The van der Waals surface area contributed by atoms with E-state index in [-0.39, 0.29) is 23.2 Å². The number of hydrogen-bond acceptors (Lipinski definition) is 5. The van der Waals surface area contributed by atoms with E-state index in [4.69, 9.17) is 5.11 Å². The summed E-state index contributed by atoms with van der Waals surface area (Å²) >= 11 is 1.76. The Morgan fingerprint density at radius 1 is 1.61 bits per heavy atom. The fourth-order valence-corrected chi connectivity index (χ4v) is 4.85. The van der Waals surface area contributed by atoms with E-state index in [1.807, 2.05) is 0 Å². The maximum Gasteiger partial charge on any atom is 0.244 e. The largest absolute Gasteiger partial charge is 0.390 e. The SMILES string of the molecule is Cc1[nH]nc(CO)c1S(=O)(=O)NC1CCCSC1. The predicted molar refractivity (Wildman–Crippen MR) is 69.9 cm³/mol. The Kier molecular flexibility index (Phi) is 4.31. The lowest BCUT2D eigenvalue weighted by molar-refractivity contribution is 0.273. The third kappa shape index (κ3) is 2.87. The van der Waals surface area contributed by atoms with Crippen LogP contribution in [0.1, 0.15) is 24.2 Å². The van der Waals surface area contributed by atoms with Crippen LogP contribution in [0.3, 0.4) is 0 Å². The maximum absolute atomic E-state index is 12.3. The minimum Gasteiger partial charge on any atom is -0.390 e. The van der Waals surface area contributed by atoms with Crippen molar-refractivity contribution in [2.75, 3.05) is 11.5 Å². The first-order valence-electron chi connectivity index (χ1n) is 5.79. The molecule has 2 heterocycles. The molecule has 2 rings (SSSR count). The van der Waals surface area contributed by atoms with Crippen molar-refractivity contribution in [3.63, 3.8) is 0 Å². The van der Waals surface area contributed by atoms with Crippen molar-refractivity contribution in [3.8, 4) is 0 Å². The van der Waals surface area contributed by atoms with Gasteiger partial charge in [-0.05, 0) is 25.5 Å². The number of H-pyrrole nitrogens is 1. The highest BCUT2D eigenvalue weighted by atomic mass is 32.2. The first-order valence-corrected chi connectivity index (χ1v) is 8.43. The van der Waals surface area contributed by atoms with Gasteiger partial charge in [-0.3, -0.25) is 5.10 Å². The summed E-state index contributed by atoms with van der Waals surface area (Å²) in [5.74, 6) is 1.88. The number of aryl methyl sites for hydroxylation is 1. The molecule has 8 heteroatoms. The summed E-state index contributed by atoms with van der Waals surface area (Å²) in [4.78, 5) is 0.0839. The zero-order chi connectivity index (χ0) is 13.2. The number of aromatic amines is 1. The van der Waals surface area contributed by atoms with E-state index < -0.39 is 10.0 Å². The first kappa shape index (κ1) is 13.9. The molecular formula is C10H17N3O3S2. The van der Waals surface area contributed by atoms with E-state index in [0.717, 1.165) is 24.3 Å². The molecule has 1 aromatic heterocycles. The van der Waals surface area contributed by atoms with E-state index >= 15 is 0 Å². The fraction of sp³-hybridized carbons (Fsp3) is 0.700. The van der Waals surface area contributed by atoms with Gasteiger partial charge in [0.05, 0.1) is 12.3 Å². The molecule has 18 heavy (non-hydrogen) atoms. The van der Waals surface area contributed by atoms with Gasteiger partial charge < -0.3 is 5.11 Å². The molecule has 6 nitrogen and oxygen atoms in total. The van der Waals surface area contributed by atoms with Gasteiger partial charge in [-0.15, -0.1) is 0 Å². The molecule has 0 spiro atoms. The lowest BCUT2D eigenvalue weighted by atomic mass is 10.2. The Bertz CT molecular complexity index is 506. The average Bonchev–Trinajstić information content (AvgIpc) is 2.72. The minimum absolute atomic E-state index is 0.0328. The zero-order valence-corrected chi connectivity index (χ0v) is 11.8. The highest BCUT2D eigenvalue weighted by Crippen LogP contribution is 2.22. The molecule has 0 amide bonds. The molecule has 1 aromatic rings. The topological polar surface area (TPSA) is 95.1 Å². The average molecular weight is 291 g/mol. The Morgan fingerprint density at radius 3 is 3.00 bits per heavy atom. The van der Waals surface area contributed by atoms with Gasteiger partial charge in [-0.2, -0.15) is 16.9 Å². The monoisotopic (exact) mass is 291 g/mol. The molecule has 0 radical (unpaired) electrons. The maximum atomic E-state index is 12.3. The van der Waals surface area contributed by atoms with Gasteiger partial charge >= 0.3 is 0 Å². The summed E-state index contributed by atoms with van der Waals surface area (Å²) in [5.41, 5.74) is 0.624. The number of nitrogens with zero attached hydrogens (tertiary/aromatic N) is 1. The van der Waals surface area contributed by atoms with E-state index in [9.17, 15) is 8.42 Å². The predicted octanol–water partition coefficient (Wildman–Crippen LogP) is 0.384. The highest BCUT2D eigenvalue weighted by molar-refractivity contribution is 7.99. The van der Waals surface area contributed by atoms with Crippen LogP contribution in [0.15, 0.2) is 4.90 Å². The number of aliphatic hydroxyl groups is 1. The van der Waals surface area contributed by atoms with Gasteiger partial charge in [-0.25, -0.2) is 13.1 Å². The van der Waals surface area contributed by atoms with Crippen LogP contribution in [-0.2, 0) is 16.6 Å². The molecule has 1 fully saturated rings. The summed E-state index contributed by atoms with van der Waals surface area (Å²) in [5, 5.41) is 15.5. The van der Waals surface area contributed by atoms with E-state index in [1.165, 1.54) is 0 Å². The second kappa shape index (κ2) is 5.60. The number of aliphatic hydroxyl groups excluding tert-OH is 1.